The van der Waals surface area contributed by atoms with Crippen molar-refractivity contribution >= 4 is 16.1 Å². The normalized spacial score (nSPS) is 14.8. The van der Waals surface area contributed by atoms with Gasteiger partial charge in [0.05, 0.1) is 12.3 Å². The quantitative estimate of drug-likeness (QED) is 0.420. The second-order valence-corrected chi connectivity index (χ2v) is 6.97. The second-order valence-electron chi connectivity index (χ2n) is 5.19. The number of aliphatic hydroxyl groups excluding tert-OH is 1. The zero-order valence-electron chi connectivity index (χ0n) is 13.0. The van der Waals surface area contributed by atoms with Crippen molar-refractivity contribution in [3.05, 3.63) is 0 Å². The number of urea groups is 1. The first-order valence-corrected chi connectivity index (χ1v) is 8.88. The van der Waals surface area contributed by atoms with Crippen molar-refractivity contribution in [1.29, 1.82) is 0 Å². The predicted molar refractivity (Wildman–Crippen MR) is 80.0 cm³/mol. The fourth-order valence-electron chi connectivity index (χ4n) is 1.73. The third kappa shape index (κ3) is 9.62. The van der Waals surface area contributed by atoms with Crippen LogP contribution in [0.4, 0.5) is 4.79 Å². The van der Waals surface area contributed by atoms with Gasteiger partial charge in [0.1, 0.15) is 6.10 Å². The number of rotatable bonds is 10. The molecule has 0 aromatic carbocycles. The van der Waals surface area contributed by atoms with E-state index in [2.05, 4.69) is 15.5 Å². The van der Waals surface area contributed by atoms with Crippen LogP contribution in [0.5, 0.6) is 0 Å². The van der Waals surface area contributed by atoms with E-state index >= 15 is 0 Å². The molecule has 0 saturated heterocycles. The molecule has 0 aliphatic heterocycles. The summed E-state index contributed by atoms with van der Waals surface area (Å²) in [6.07, 6.45) is 1.37. The van der Waals surface area contributed by atoms with E-state index in [9.17, 15) is 13.2 Å². The van der Waals surface area contributed by atoms with Gasteiger partial charge in [0.2, 0.25) is 10.0 Å². The highest BCUT2D eigenvalue weighted by molar-refractivity contribution is 7.88. The van der Waals surface area contributed by atoms with Crippen LogP contribution in [-0.4, -0.2) is 51.1 Å². The minimum atomic E-state index is -3.42. The van der Waals surface area contributed by atoms with Crippen molar-refractivity contribution in [2.45, 2.75) is 45.8 Å². The molecule has 0 radical (unpaired) electrons. The molecule has 0 heterocycles. The Morgan fingerprint density at radius 2 is 1.95 bits per heavy atom. The SMILES string of the molecule is CCCNC(=O)NOC(CCO)C(NS(C)(=O)=O)C(C)C. The molecule has 9 heteroatoms. The number of amides is 2. The predicted octanol–water partition coefficient (Wildman–Crippen LogP) is -0.0480. The van der Waals surface area contributed by atoms with Gasteiger partial charge < -0.3 is 10.4 Å². The molecule has 0 aromatic heterocycles. The topological polar surface area (TPSA) is 117 Å². The molecule has 0 bridgehead atoms. The third-order valence-electron chi connectivity index (χ3n) is 2.72. The van der Waals surface area contributed by atoms with Crippen molar-refractivity contribution in [3.63, 3.8) is 0 Å². The van der Waals surface area contributed by atoms with Crippen molar-refractivity contribution in [2.75, 3.05) is 19.4 Å². The minimum absolute atomic E-state index is 0.0724. The van der Waals surface area contributed by atoms with Crippen LogP contribution in [0, 0.1) is 5.92 Å². The molecule has 2 amide bonds. The molecule has 0 fully saturated rings. The van der Waals surface area contributed by atoms with Crippen LogP contribution in [0.1, 0.15) is 33.6 Å². The van der Waals surface area contributed by atoms with Crippen LogP contribution in [-0.2, 0) is 14.9 Å². The van der Waals surface area contributed by atoms with Gasteiger partial charge in [-0.25, -0.2) is 23.4 Å². The number of sulfonamides is 1. The highest BCUT2D eigenvalue weighted by Crippen LogP contribution is 2.13. The van der Waals surface area contributed by atoms with Gasteiger partial charge in [-0.1, -0.05) is 20.8 Å². The lowest BCUT2D eigenvalue weighted by Crippen LogP contribution is -2.51. The summed E-state index contributed by atoms with van der Waals surface area (Å²) in [6, 6.07) is -1.06. The maximum Gasteiger partial charge on any atom is 0.338 e. The summed E-state index contributed by atoms with van der Waals surface area (Å²) in [4.78, 5) is 16.7. The van der Waals surface area contributed by atoms with Crippen molar-refractivity contribution in [2.24, 2.45) is 5.92 Å². The van der Waals surface area contributed by atoms with E-state index < -0.39 is 28.2 Å². The molecule has 2 atom stereocenters. The Labute approximate surface area is 126 Å². The highest BCUT2D eigenvalue weighted by atomic mass is 32.2. The number of carbonyl (C=O) groups is 1. The zero-order valence-corrected chi connectivity index (χ0v) is 13.9. The average Bonchev–Trinajstić information content (AvgIpc) is 2.37. The number of nitrogens with one attached hydrogen (secondary N) is 3. The molecule has 8 nitrogen and oxygen atoms in total. The average molecular weight is 325 g/mol. The molecular formula is C12H27N3O5S. The maximum atomic E-state index is 11.4. The van der Waals surface area contributed by atoms with Crippen LogP contribution in [0.25, 0.3) is 0 Å². The van der Waals surface area contributed by atoms with Gasteiger partial charge in [0, 0.05) is 19.6 Å². The van der Waals surface area contributed by atoms with Crippen LogP contribution < -0.4 is 15.5 Å². The first kappa shape index (κ1) is 20.1. The molecule has 0 aliphatic rings. The monoisotopic (exact) mass is 325 g/mol. The van der Waals surface area contributed by atoms with Gasteiger partial charge >= 0.3 is 6.03 Å². The summed E-state index contributed by atoms with van der Waals surface area (Å²) >= 11 is 0. The molecule has 0 aromatic rings. The lowest BCUT2D eigenvalue weighted by molar-refractivity contribution is -0.0392. The summed E-state index contributed by atoms with van der Waals surface area (Å²) in [5, 5.41) is 11.7. The summed E-state index contributed by atoms with van der Waals surface area (Å²) in [6.45, 7) is 5.90. The zero-order chi connectivity index (χ0) is 16.5. The number of hydrogen-bond acceptors (Lipinski definition) is 5. The van der Waals surface area contributed by atoms with Gasteiger partial charge in [-0.3, -0.25) is 4.84 Å². The molecule has 21 heavy (non-hydrogen) atoms. The largest absolute Gasteiger partial charge is 0.396 e. The highest BCUT2D eigenvalue weighted by Gasteiger charge is 2.28. The van der Waals surface area contributed by atoms with E-state index in [1.165, 1.54) is 0 Å². The summed E-state index contributed by atoms with van der Waals surface area (Å²) in [7, 11) is -3.42. The number of hydrogen-bond donors (Lipinski definition) is 4. The summed E-state index contributed by atoms with van der Waals surface area (Å²) < 4.78 is 25.3. The Balaban J connectivity index is 4.70. The fourth-order valence-corrected chi connectivity index (χ4v) is 2.65. The van der Waals surface area contributed by atoms with E-state index in [0.29, 0.717) is 6.54 Å². The van der Waals surface area contributed by atoms with Crippen molar-refractivity contribution in [3.8, 4) is 0 Å². The molecule has 0 rings (SSSR count). The summed E-state index contributed by atoms with van der Waals surface area (Å²) in [5.41, 5.74) is 2.23. The molecule has 0 saturated carbocycles. The van der Waals surface area contributed by atoms with E-state index in [1.54, 1.807) is 0 Å². The van der Waals surface area contributed by atoms with Crippen LogP contribution in [0.2, 0.25) is 0 Å². The van der Waals surface area contributed by atoms with Crippen molar-refractivity contribution < 1.29 is 23.2 Å². The number of carbonyl (C=O) groups excluding carboxylic acids is 1. The van der Waals surface area contributed by atoms with E-state index in [0.717, 1.165) is 12.7 Å². The maximum absolute atomic E-state index is 11.4. The number of hydroxylamine groups is 1. The van der Waals surface area contributed by atoms with E-state index in [4.69, 9.17) is 9.94 Å². The lowest BCUT2D eigenvalue weighted by Gasteiger charge is -2.29. The van der Waals surface area contributed by atoms with Crippen molar-refractivity contribution in [1.82, 2.24) is 15.5 Å². The molecule has 126 valence electrons. The summed E-state index contributed by atoms with van der Waals surface area (Å²) in [5.74, 6) is -0.0724. The Kier molecular flexibility index (Phi) is 9.51. The second kappa shape index (κ2) is 9.93. The molecule has 4 N–H and O–H groups in total. The molecule has 0 spiro atoms. The van der Waals surface area contributed by atoms with Gasteiger partial charge in [-0.15, -0.1) is 0 Å². The minimum Gasteiger partial charge on any atom is -0.396 e. The lowest BCUT2D eigenvalue weighted by atomic mass is 9.98. The standard InChI is InChI=1S/C12H27N3O5S/c1-5-7-13-12(17)14-20-10(6-8-16)11(9(2)3)15-21(4,18)19/h9-11,15-16H,5-8H2,1-4H3,(H2,13,14,17). The molecule has 0 aliphatic carbocycles. The molecular weight excluding hydrogens is 298 g/mol. The Morgan fingerprint density at radius 1 is 1.33 bits per heavy atom. The Bertz CT molecular complexity index is 400. The first-order chi connectivity index (χ1) is 9.71. The molecule has 2 unspecified atom stereocenters. The fraction of sp³-hybridized carbons (Fsp3) is 0.917. The number of aliphatic hydroxyl groups is 1. The van der Waals surface area contributed by atoms with Crippen LogP contribution >= 0.6 is 0 Å². The van der Waals surface area contributed by atoms with Gasteiger partial charge in [-0.2, -0.15) is 0 Å². The van der Waals surface area contributed by atoms with Gasteiger partial charge in [-0.05, 0) is 12.3 Å². The van der Waals surface area contributed by atoms with Crippen LogP contribution in [0.3, 0.4) is 0 Å². The van der Waals surface area contributed by atoms with Gasteiger partial charge in [0.15, 0.2) is 0 Å². The van der Waals surface area contributed by atoms with Crippen LogP contribution in [0.15, 0.2) is 0 Å². The van der Waals surface area contributed by atoms with E-state index in [-0.39, 0.29) is 18.9 Å². The smallest absolute Gasteiger partial charge is 0.338 e. The Hall–Kier alpha value is -0.900. The van der Waals surface area contributed by atoms with Gasteiger partial charge in [0.25, 0.3) is 0 Å². The Morgan fingerprint density at radius 3 is 2.38 bits per heavy atom. The third-order valence-corrected chi connectivity index (χ3v) is 3.42. The first-order valence-electron chi connectivity index (χ1n) is 6.98. The van der Waals surface area contributed by atoms with E-state index in [1.807, 2.05) is 20.8 Å².